The summed E-state index contributed by atoms with van der Waals surface area (Å²) in [4.78, 5) is 26.2. The van der Waals surface area contributed by atoms with E-state index >= 15 is 0 Å². The van der Waals surface area contributed by atoms with E-state index in [1.165, 1.54) is 0 Å². The maximum atomic E-state index is 12.4. The quantitative estimate of drug-likeness (QED) is 0.749. The first-order valence-electron chi connectivity index (χ1n) is 8.85. The predicted molar refractivity (Wildman–Crippen MR) is 97.7 cm³/mol. The van der Waals surface area contributed by atoms with Crippen LogP contribution < -0.4 is 0 Å². The topological polar surface area (TPSA) is 55.8 Å². The van der Waals surface area contributed by atoms with E-state index in [9.17, 15) is 9.59 Å². The third kappa shape index (κ3) is 4.92. The molecule has 0 bridgehead atoms. The van der Waals surface area contributed by atoms with Crippen LogP contribution in [0.4, 0.5) is 0 Å². The molecule has 1 heterocycles. The van der Waals surface area contributed by atoms with E-state index in [0.29, 0.717) is 26.3 Å². The van der Waals surface area contributed by atoms with E-state index in [1.54, 1.807) is 4.90 Å². The number of morpholine rings is 1. The fraction of sp³-hybridized carbons (Fsp3) is 0.333. The number of hydrogen-bond donors (Lipinski definition) is 0. The highest BCUT2D eigenvalue weighted by atomic mass is 16.5. The van der Waals surface area contributed by atoms with Crippen LogP contribution in [-0.2, 0) is 19.1 Å². The van der Waals surface area contributed by atoms with E-state index in [4.69, 9.17) is 9.47 Å². The molecular formula is C21H23NO4. The average Bonchev–Trinajstić information content (AvgIpc) is 2.72. The van der Waals surface area contributed by atoms with Gasteiger partial charge in [0, 0.05) is 19.0 Å². The van der Waals surface area contributed by atoms with Gasteiger partial charge in [0.05, 0.1) is 19.6 Å². The molecule has 3 rings (SSSR count). The molecule has 1 amide bonds. The first-order chi connectivity index (χ1) is 12.7. The Morgan fingerprint density at radius 2 is 1.46 bits per heavy atom. The Balaban J connectivity index is 1.61. The second-order valence-electron chi connectivity index (χ2n) is 6.23. The first kappa shape index (κ1) is 18.1. The summed E-state index contributed by atoms with van der Waals surface area (Å²) in [5.74, 6) is -0.634. The van der Waals surface area contributed by atoms with E-state index in [0.717, 1.165) is 11.1 Å². The monoisotopic (exact) mass is 353 g/mol. The largest absolute Gasteiger partial charge is 0.456 e. The highest BCUT2D eigenvalue weighted by Crippen LogP contribution is 2.28. The number of ether oxygens (including phenoxy) is 2. The Kier molecular flexibility index (Phi) is 6.39. The summed E-state index contributed by atoms with van der Waals surface area (Å²) >= 11 is 0. The van der Waals surface area contributed by atoms with E-state index in [2.05, 4.69) is 0 Å². The molecule has 2 aromatic rings. The molecule has 0 radical (unpaired) electrons. The normalized spacial score (nSPS) is 14.3. The number of carbonyl (C=O) groups excluding carboxylic acids is 2. The summed E-state index contributed by atoms with van der Waals surface area (Å²) in [6.07, 6.45) is 0.199. The molecule has 1 aliphatic rings. The Hall–Kier alpha value is -2.66. The van der Waals surface area contributed by atoms with E-state index < -0.39 is 0 Å². The van der Waals surface area contributed by atoms with Gasteiger partial charge in [-0.2, -0.15) is 0 Å². The molecule has 0 N–H and O–H groups in total. The van der Waals surface area contributed by atoms with Crippen molar-refractivity contribution in [1.29, 1.82) is 0 Å². The lowest BCUT2D eigenvalue weighted by molar-refractivity contribution is -0.153. The SMILES string of the molecule is O=C(CC(c1ccccc1)c1ccccc1)OCC(=O)N1CCOCC1. The summed E-state index contributed by atoms with van der Waals surface area (Å²) in [5.41, 5.74) is 2.10. The van der Waals surface area contributed by atoms with Crippen molar-refractivity contribution in [3.05, 3.63) is 71.8 Å². The molecule has 0 aliphatic carbocycles. The molecule has 5 heteroatoms. The third-order valence-corrected chi connectivity index (χ3v) is 4.50. The zero-order valence-electron chi connectivity index (χ0n) is 14.7. The second-order valence-corrected chi connectivity index (χ2v) is 6.23. The van der Waals surface area contributed by atoms with Crippen LogP contribution in [0, 0.1) is 0 Å². The number of benzene rings is 2. The highest BCUT2D eigenvalue weighted by molar-refractivity contribution is 5.81. The van der Waals surface area contributed by atoms with Crippen LogP contribution in [0.1, 0.15) is 23.5 Å². The predicted octanol–water partition coefficient (Wildman–Crippen LogP) is 2.61. The van der Waals surface area contributed by atoms with Gasteiger partial charge in [-0.15, -0.1) is 0 Å². The fourth-order valence-corrected chi connectivity index (χ4v) is 3.07. The minimum atomic E-state index is -0.371. The summed E-state index contributed by atoms with van der Waals surface area (Å²) in [6, 6.07) is 19.7. The van der Waals surface area contributed by atoms with Crippen molar-refractivity contribution in [1.82, 2.24) is 4.90 Å². The van der Waals surface area contributed by atoms with Gasteiger partial charge in [-0.25, -0.2) is 0 Å². The zero-order valence-corrected chi connectivity index (χ0v) is 14.7. The molecule has 5 nitrogen and oxygen atoms in total. The lowest BCUT2D eigenvalue weighted by Gasteiger charge is -2.26. The van der Waals surface area contributed by atoms with Crippen LogP contribution in [0.5, 0.6) is 0 Å². The molecule has 0 spiro atoms. The lowest BCUT2D eigenvalue weighted by Crippen LogP contribution is -2.42. The van der Waals surface area contributed by atoms with Crippen molar-refractivity contribution < 1.29 is 19.1 Å². The number of rotatable bonds is 6. The highest BCUT2D eigenvalue weighted by Gasteiger charge is 2.22. The van der Waals surface area contributed by atoms with Gasteiger partial charge in [0.25, 0.3) is 5.91 Å². The van der Waals surface area contributed by atoms with Gasteiger partial charge in [0.15, 0.2) is 6.61 Å². The smallest absolute Gasteiger partial charge is 0.307 e. The number of amides is 1. The minimum Gasteiger partial charge on any atom is -0.456 e. The summed E-state index contributed by atoms with van der Waals surface area (Å²) in [6.45, 7) is 1.95. The first-order valence-corrected chi connectivity index (χ1v) is 8.85. The van der Waals surface area contributed by atoms with Crippen molar-refractivity contribution in [2.75, 3.05) is 32.9 Å². The molecule has 2 aromatic carbocycles. The summed E-state index contributed by atoms with van der Waals surface area (Å²) in [7, 11) is 0. The molecule has 1 fully saturated rings. The standard InChI is InChI=1S/C21H23NO4/c23-20(22-11-13-25-14-12-22)16-26-21(24)15-19(17-7-3-1-4-8-17)18-9-5-2-6-10-18/h1-10,19H,11-16H2. The maximum Gasteiger partial charge on any atom is 0.307 e. The second kappa shape index (κ2) is 9.15. The van der Waals surface area contributed by atoms with Crippen LogP contribution in [-0.4, -0.2) is 49.7 Å². The molecule has 1 aliphatic heterocycles. The molecule has 136 valence electrons. The van der Waals surface area contributed by atoms with Gasteiger partial charge in [-0.3, -0.25) is 9.59 Å². The van der Waals surface area contributed by atoms with Gasteiger partial charge in [0.1, 0.15) is 0 Å². The van der Waals surface area contributed by atoms with Gasteiger partial charge in [-0.1, -0.05) is 60.7 Å². The van der Waals surface area contributed by atoms with Crippen molar-refractivity contribution in [2.24, 2.45) is 0 Å². The minimum absolute atomic E-state index is 0.0941. The number of carbonyl (C=O) groups is 2. The van der Waals surface area contributed by atoms with Crippen molar-refractivity contribution >= 4 is 11.9 Å². The average molecular weight is 353 g/mol. The maximum absolute atomic E-state index is 12.4. The molecule has 1 saturated heterocycles. The van der Waals surface area contributed by atoms with Crippen LogP contribution in [0.25, 0.3) is 0 Å². The van der Waals surface area contributed by atoms with Gasteiger partial charge in [-0.05, 0) is 11.1 Å². The number of nitrogens with zero attached hydrogens (tertiary/aromatic N) is 1. The van der Waals surface area contributed by atoms with E-state index in [-0.39, 0.29) is 30.8 Å². The van der Waals surface area contributed by atoms with Crippen LogP contribution >= 0.6 is 0 Å². The molecule has 26 heavy (non-hydrogen) atoms. The van der Waals surface area contributed by atoms with E-state index in [1.807, 2.05) is 60.7 Å². The summed E-state index contributed by atoms with van der Waals surface area (Å²) < 4.78 is 10.5. The Labute approximate surface area is 153 Å². The van der Waals surface area contributed by atoms with Gasteiger partial charge < -0.3 is 14.4 Å². The Morgan fingerprint density at radius 1 is 0.923 bits per heavy atom. The molecule has 0 aromatic heterocycles. The number of esters is 1. The zero-order chi connectivity index (χ0) is 18.2. The molecule has 0 saturated carbocycles. The fourth-order valence-electron chi connectivity index (χ4n) is 3.07. The third-order valence-electron chi connectivity index (χ3n) is 4.50. The lowest BCUT2D eigenvalue weighted by atomic mass is 9.89. The van der Waals surface area contributed by atoms with Crippen molar-refractivity contribution in [3.63, 3.8) is 0 Å². The molecule has 0 unspecified atom stereocenters. The van der Waals surface area contributed by atoms with Crippen molar-refractivity contribution in [2.45, 2.75) is 12.3 Å². The summed E-state index contributed by atoms with van der Waals surface area (Å²) in [5, 5.41) is 0. The Morgan fingerprint density at radius 3 is 2.00 bits per heavy atom. The molecular weight excluding hydrogens is 330 g/mol. The van der Waals surface area contributed by atoms with Gasteiger partial charge >= 0.3 is 5.97 Å². The molecule has 0 atom stereocenters. The van der Waals surface area contributed by atoms with Crippen LogP contribution in [0.3, 0.4) is 0 Å². The van der Waals surface area contributed by atoms with Gasteiger partial charge in [0.2, 0.25) is 0 Å². The number of hydrogen-bond acceptors (Lipinski definition) is 4. The van der Waals surface area contributed by atoms with Crippen molar-refractivity contribution in [3.8, 4) is 0 Å². The van der Waals surface area contributed by atoms with Crippen LogP contribution in [0.15, 0.2) is 60.7 Å². The Bertz CT molecular complexity index is 672. The van der Waals surface area contributed by atoms with Crippen LogP contribution in [0.2, 0.25) is 0 Å².